The van der Waals surface area contributed by atoms with E-state index in [2.05, 4.69) is 5.32 Å². The maximum absolute atomic E-state index is 13.1. The number of benzene rings is 2. The quantitative estimate of drug-likeness (QED) is 0.723. The van der Waals surface area contributed by atoms with Crippen molar-refractivity contribution in [2.24, 2.45) is 0 Å². The van der Waals surface area contributed by atoms with Crippen LogP contribution < -0.4 is 14.8 Å². The van der Waals surface area contributed by atoms with Gasteiger partial charge >= 0.3 is 6.18 Å². The Morgan fingerprint density at radius 2 is 1.75 bits per heavy atom. The van der Waals surface area contributed by atoms with Crippen LogP contribution in [0.3, 0.4) is 0 Å². The Morgan fingerprint density at radius 3 is 2.29 bits per heavy atom. The predicted molar refractivity (Wildman–Crippen MR) is 97.9 cm³/mol. The summed E-state index contributed by atoms with van der Waals surface area (Å²) in [6.45, 7) is 1.50. The van der Waals surface area contributed by atoms with E-state index in [1.54, 1.807) is 0 Å². The lowest BCUT2D eigenvalue weighted by Crippen LogP contribution is -2.33. The first-order valence-corrected chi connectivity index (χ1v) is 9.68. The van der Waals surface area contributed by atoms with Gasteiger partial charge in [0.15, 0.2) is 6.10 Å². The second kappa shape index (κ2) is 8.27. The predicted octanol–water partition coefficient (Wildman–Crippen LogP) is 3.67. The van der Waals surface area contributed by atoms with Crippen molar-refractivity contribution in [3.05, 3.63) is 53.1 Å². The Bertz CT molecular complexity index is 963. The van der Waals surface area contributed by atoms with E-state index >= 15 is 0 Å². The second-order valence-corrected chi connectivity index (χ2v) is 7.76. The average molecular weight is 437 g/mol. The van der Waals surface area contributed by atoms with Gasteiger partial charge in [0.1, 0.15) is 5.75 Å². The van der Waals surface area contributed by atoms with Gasteiger partial charge < -0.3 is 10.1 Å². The molecular formula is C17H16ClF3N2O4S. The molecule has 0 spiro atoms. The van der Waals surface area contributed by atoms with Gasteiger partial charge in [0.25, 0.3) is 15.9 Å². The Hall–Kier alpha value is -2.46. The first kappa shape index (κ1) is 21.8. The third-order valence-corrected chi connectivity index (χ3v) is 5.21. The van der Waals surface area contributed by atoms with Gasteiger partial charge in [-0.05, 0) is 49.4 Å². The molecule has 0 fully saturated rings. The van der Waals surface area contributed by atoms with Crippen LogP contribution in [0.25, 0.3) is 0 Å². The minimum Gasteiger partial charge on any atom is -0.481 e. The van der Waals surface area contributed by atoms with E-state index in [9.17, 15) is 26.4 Å². The number of halogens is 4. The van der Waals surface area contributed by atoms with Crippen LogP contribution in [0.5, 0.6) is 5.75 Å². The molecule has 0 heterocycles. The molecule has 1 atom stereocenters. The molecule has 2 aromatic carbocycles. The molecule has 6 nitrogen and oxygen atoms in total. The van der Waals surface area contributed by atoms with Crippen molar-refractivity contribution in [3.63, 3.8) is 0 Å². The maximum Gasteiger partial charge on any atom is 0.418 e. The minimum absolute atomic E-state index is 0.179. The molecule has 28 heavy (non-hydrogen) atoms. The van der Waals surface area contributed by atoms with Crippen molar-refractivity contribution in [2.45, 2.75) is 24.1 Å². The van der Waals surface area contributed by atoms with Gasteiger partial charge in [-0.15, -0.1) is 0 Å². The number of carbonyl (C=O) groups excluding carboxylic acids is 1. The van der Waals surface area contributed by atoms with Crippen molar-refractivity contribution in [1.82, 2.24) is 5.32 Å². The summed E-state index contributed by atoms with van der Waals surface area (Å²) in [5.74, 6) is -0.154. The summed E-state index contributed by atoms with van der Waals surface area (Å²) < 4.78 is 71.5. The lowest BCUT2D eigenvalue weighted by Gasteiger charge is -2.16. The van der Waals surface area contributed by atoms with E-state index in [4.69, 9.17) is 16.3 Å². The third-order valence-electron chi connectivity index (χ3n) is 3.59. The molecule has 2 aromatic rings. The van der Waals surface area contributed by atoms with Gasteiger partial charge in [0.05, 0.1) is 16.1 Å². The molecule has 0 saturated heterocycles. The molecule has 0 bridgehead atoms. The number of ether oxygens (including phenoxy) is 1. The van der Waals surface area contributed by atoms with Gasteiger partial charge in [-0.1, -0.05) is 11.6 Å². The SMILES string of the molecule is CNC(=O)[C@@H](C)Oc1ccc(S(=O)(=O)Nc2ccc(Cl)cc2C(F)(F)F)cc1. The first-order valence-electron chi connectivity index (χ1n) is 7.82. The summed E-state index contributed by atoms with van der Waals surface area (Å²) in [5, 5.41) is 2.22. The van der Waals surface area contributed by atoms with Gasteiger partial charge in [0, 0.05) is 12.1 Å². The zero-order valence-electron chi connectivity index (χ0n) is 14.7. The molecule has 0 aliphatic carbocycles. The van der Waals surface area contributed by atoms with Gasteiger partial charge in [-0.2, -0.15) is 13.2 Å². The normalized spacial score (nSPS) is 12.9. The van der Waals surface area contributed by atoms with Crippen LogP contribution >= 0.6 is 11.6 Å². The Labute approximate surface area is 164 Å². The maximum atomic E-state index is 13.1. The molecule has 152 valence electrons. The number of nitrogens with one attached hydrogen (secondary N) is 2. The highest BCUT2D eigenvalue weighted by atomic mass is 35.5. The topological polar surface area (TPSA) is 84.5 Å². The van der Waals surface area contributed by atoms with E-state index in [0.717, 1.165) is 24.3 Å². The van der Waals surface area contributed by atoms with Crippen molar-refractivity contribution in [3.8, 4) is 5.75 Å². The fourth-order valence-electron chi connectivity index (χ4n) is 2.20. The van der Waals surface area contributed by atoms with Crippen LogP contribution in [0.2, 0.25) is 5.02 Å². The molecular weight excluding hydrogens is 421 g/mol. The number of hydrogen-bond acceptors (Lipinski definition) is 4. The van der Waals surface area contributed by atoms with Crippen molar-refractivity contribution in [1.29, 1.82) is 0 Å². The second-order valence-electron chi connectivity index (χ2n) is 5.64. The number of anilines is 1. The van der Waals surface area contributed by atoms with E-state index < -0.39 is 33.6 Å². The van der Waals surface area contributed by atoms with Crippen LogP contribution in [0, 0.1) is 0 Å². The highest BCUT2D eigenvalue weighted by Gasteiger charge is 2.35. The highest BCUT2D eigenvalue weighted by Crippen LogP contribution is 2.37. The van der Waals surface area contributed by atoms with Crippen LogP contribution in [0.1, 0.15) is 12.5 Å². The molecule has 0 aliphatic heterocycles. The molecule has 1 amide bonds. The number of hydrogen-bond donors (Lipinski definition) is 2. The van der Waals surface area contributed by atoms with E-state index in [-0.39, 0.29) is 21.6 Å². The van der Waals surface area contributed by atoms with Gasteiger partial charge in [0.2, 0.25) is 0 Å². The molecule has 0 saturated carbocycles. The van der Waals surface area contributed by atoms with Crippen molar-refractivity contribution >= 4 is 33.2 Å². The van der Waals surface area contributed by atoms with Crippen LogP contribution in [-0.4, -0.2) is 27.5 Å². The Kier molecular flexibility index (Phi) is 6.45. The lowest BCUT2D eigenvalue weighted by atomic mass is 10.2. The summed E-state index contributed by atoms with van der Waals surface area (Å²) in [6.07, 6.45) is -5.61. The molecule has 0 radical (unpaired) electrons. The summed E-state index contributed by atoms with van der Waals surface area (Å²) >= 11 is 5.58. The summed E-state index contributed by atoms with van der Waals surface area (Å²) in [5.41, 5.74) is -1.85. The zero-order chi connectivity index (χ0) is 21.1. The van der Waals surface area contributed by atoms with Crippen LogP contribution in [0.15, 0.2) is 47.4 Å². The van der Waals surface area contributed by atoms with Crippen molar-refractivity contribution < 1.29 is 31.1 Å². The summed E-state index contributed by atoms with van der Waals surface area (Å²) in [6, 6.07) is 7.60. The molecule has 0 aromatic heterocycles. The highest BCUT2D eigenvalue weighted by molar-refractivity contribution is 7.92. The molecule has 2 N–H and O–H groups in total. The largest absolute Gasteiger partial charge is 0.481 e. The lowest BCUT2D eigenvalue weighted by molar-refractivity contribution is -0.136. The average Bonchev–Trinajstić information content (AvgIpc) is 2.62. The van der Waals surface area contributed by atoms with Crippen LogP contribution in [-0.2, 0) is 21.0 Å². The van der Waals surface area contributed by atoms with Gasteiger partial charge in [-0.25, -0.2) is 8.42 Å². The molecule has 11 heteroatoms. The molecule has 0 unspecified atom stereocenters. The fourth-order valence-corrected chi connectivity index (χ4v) is 3.45. The monoisotopic (exact) mass is 436 g/mol. The first-order chi connectivity index (χ1) is 12.9. The number of carbonyl (C=O) groups is 1. The number of rotatable bonds is 6. The number of alkyl halides is 3. The summed E-state index contributed by atoms with van der Waals surface area (Å²) in [4.78, 5) is 11.2. The molecule has 0 aliphatic rings. The zero-order valence-corrected chi connectivity index (χ0v) is 16.2. The standard InChI is InChI=1S/C17H16ClF3N2O4S/c1-10(16(24)22-2)27-12-4-6-13(7-5-12)28(25,26)23-15-8-3-11(18)9-14(15)17(19,20)21/h3-10,23H,1-2H3,(H,22,24)/t10-/m1/s1. The Morgan fingerprint density at radius 1 is 1.14 bits per heavy atom. The number of amides is 1. The number of likely N-dealkylation sites (N-methyl/N-ethyl adjacent to an activating group) is 1. The van der Waals surface area contributed by atoms with E-state index in [1.165, 1.54) is 26.1 Å². The number of sulfonamides is 1. The van der Waals surface area contributed by atoms with Gasteiger partial charge in [-0.3, -0.25) is 9.52 Å². The van der Waals surface area contributed by atoms with E-state index in [0.29, 0.717) is 6.07 Å². The summed E-state index contributed by atoms with van der Waals surface area (Å²) in [7, 11) is -2.86. The van der Waals surface area contributed by atoms with E-state index in [1.807, 2.05) is 4.72 Å². The smallest absolute Gasteiger partial charge is 0.418 e. The fraction of sp³-hybridized carbons (Fsp3) is 0.235. The Balaban J connectivity index is 2.26. The minimum atomic E-state index is -4.80. The third kappa shape index (κ3) is 5.29. The van der Waals surface area contributed by atoms with Crippen molar-refractivity contribution in [2.75, 3.05) is 11.8 Å². The molecule has 2 rings (SSSR count). The van der Waals surface area contributed by atoms with Crippen LogP contribution in [0.4, 0.5) is 18.9 Å².